The highest BCUT2D eigenvalue weighted by Crippen LogP contribution is 2.12. The van der Waals surface area contributed by atoms with Crippen LogP contribution in [0.1, 0.15) is 25.8 Å². The third kappa shape index (κ3) is 6.39. The first kappa shape index (κ1) is 19.8. The smallest absolute Gasteiger partial charge is 0.279 e. The molecule has 1 heterocycles. The Hall–Kier alpha value is -1.48. The number of nitrogens with zero attached hydrogens (tertiary/aromatic N) is 2. The fourth-order valence-corrected chi connectivity index (χ4v) is 4.05. The zero-order valence-electron chi connectivity index (χ0n) is 15.0. The second-order valence-electron chi connectivity index (χ2n) is 6.27. The maximum Gasteiger partial charge on any atom is 0.279 e. The molecule has 0 aliphatic carbocycles. The van der Waals surface area contributed by atoms with Crippen LogP contribution in [0, 0.1) is 0 Å². The Balaban J connectivity index is 1.76. The van der Waals surface area contributed by atoms with Gasteiger partial charge in [0.05, 0.1) is 0 Å². The van der Waals surface area contributed by atoms with Crippen molar-refractivity contribution in [3.05, 3.63) is 29.8 Å². The molecule has 1 aliphatic rings. The summed E-state index contributed by atoms with van der Waals surface area (Å²) < 4.78 is 28.4. The van der Waals surface area contributed by atoms with Crippen molar-refractivity contribution in [1.29, 1.82) is 0 Å². The van der Waals surface area contributed by atoms with Gasteiger partial charge in [-0.1, -0.05) is 19.1 Å². The van der Waals surface area contributed by atoms with Crippen LogP contribution in [0.4, 0.5) is 5.69 Å². The summed E-state index contributed by atoms with van der Waals surface area (Å²) in [6.07, 6.45) is 1.70. The number of nitrogens with one attached hydrogen (secondary N) is 2. The zero-order chi connectivity index (χ0) is 18.3. The first-order valence-corrected chi connectivity index (χ1v) is 10.2. The molecule has 8 heteroatoms. The summed E-state index contributed by atoms with van der Waals surface area (Å²) in [5, 5.41) is 2.75. The summed E-state index contributed by atoms with van der Waals surface area (Å²) in [6, 6.07) is 7.84. The molecule has 0 spiro atoms. The molecule has 1 fully saturated rings. The SMILES string of the molecule is CCCNS(=O)(=O)N1CCN(CCc2ccc(NC(C)=O)cc2)CC1. The third-order valence-corrected chi connectivity index (χ3v) is 5.81. The lowest BCUT2D eigenvalue weighted by molar-refractivity contribution is -0.114. The van der Waals surface area contributed by atoms with Crippen LogP contribution in [0.5, 0.6) is 0 Å². The molecule has 0 bridgehead atoms. The number of anilines is 1. The van der Waals surface area contributed by atoms with E-state index in [0.717, 1.165) is 38.2 Å². The Bertz CT molecular complexity index is 653. The lowest BCUT2D eigenvalue weighted by Gasteiger charge is -2.33. The Morgan fingerprint density at radius 3 is 2.32 bits per heavy atom. The molecule has 0 unspecified atom stereocenters. The Labute approximate surface area is 150 Å². The van der Waals surface area contributed by atoms with Gasteiger partial charge in [-0.15, -0.1) is 0 Å². The van der Waals surface area contributed by atoms with E-state index in [2.05, 4.69) is 14.9 Å². The van der Waals surface area contributed by atoms with Gasteiger partial charge in [0.15, 0.2) is 0 Å². The fourth-order valence-electron chi connectivity index (χ4n) is 2.76. The molecule has 0 atom stereocenters. The van der Waals surface area contributed by atoms with Crippen molar-refractivity contribution in [2.75, 3.05) is 44.6 Å². The van der Waals surface area contributed by atoms with Crippen molar-refractivity contribution >= 4 is 21.8 Å². The summed E-state index contributed by atoms with van der Waals surface area (Å²) in [6.45, 7) is 7.37. The van der Waals surface area contributed by atoms with Gasteiger partial charge in [-0.05, 0) is 30.5 Å². The quantitative estimate of drug-likeness (QED) is 0.719. The summed E-state index contributed by atoms with van der Waals surface area (Å²) in [7, 11) is -3.33. The summed E-state index contributed by atoms with van der Waals surface area (Å²) in [5.41, 5.74) is 2.00. The van der Waals surface area contributed by atoms with Crippen molar-refractivity contribution in [1.82, 2.24) is 13.9 Å². The summed E-state index contributed by atoms with van der Waals surface area (Å²) in [4.78, 5) is 13.3. The average molecular weight is 369 g/mol. The van der Waals surface area contributed by atoms with Crippen molar-refractivity contribution in [2.45, 2.75) is 26.7 Å². The minimum Gasteiger partial charge on any atom is -0.326 e. The van der Waals surface area contributed by atoms with E-state index in [1.165, 1.54) is 16.8 Å². The average Bonchev–Trinajstić information content (AvgIpc) is 2.59. The second kappa shape index (κ2) is 9.28. The van der Waals surface area contributed by atoms with Gasteiger partial charge in [0.1, 0.15) is 0 Å². The van der Waals surface area contributed by atoms with Gasteiger partial charge in [-0.3, -0.25) is 4.79 Å². The van der Waals surface area contributed by atoms with Gasteiger partial charge in [0, 0.05) is 51.9 Å². The van der Waals surface area contributed by atoms with E-state index in [4.69, 9.17) is 0 Å². The standard InChI is InChI=1S/C17H28N4O3S/c1-3-9-18-25(23,24)21-13-11-20(12-14-21)10-8-16-4-6-17(7-5-16)19-15(2)22/h4-7,18H,3,8-14H2,1-2H3,(H,19,22). The second-order valence-corrected chi connectivity index (χ2v) is 8.02. The summed E-state index contributed by atoms with van der Waals surface area (Å²) in [5.74, 6) is -0.0750. The van der Waals surface area contributed by atoms with Gasteiger partial charge >= 0.3 is 0 Å². The number of carbonyl (C=O) groups is 1. The van der Waals surface area contributed by atoms with E-state index in [-0.39, 0.29) is 5.91 Å². The Morgan fingerprint density at radius 2 is 1.76 bits per heavy atom. The van der Waals surface area contributed by atoms with Crippen LogP contribution in [0.15, 0.2) is 24.3 Å². The number of rotatable bonds is 8. The fraction of sp³-hybridized carbons (Fsp3) is 0.588. The molecule has 0 radical (unpaired) electrons. The number of piperazine rings is 1. The molecule has 140 valence electrons. The maximum absolute atomic E-state index is 12.1. The zero-order valence-corrected chi connectivity index (χ0v) is 15.8. The molecular weight excluding hydrogens is 340 g/mol. The van der Waals surface area contributed by atoms with Crippen LogP contribution < -0.4 is 10.0 Å². The monoisotopic (exact) mass is 368 g/mol. The molecular formula is C17H28N4O3S. The van der Waals surface area contributed by atoms with Gasteiger partial charge in [0.2, 0.25) is 5.91 Å². The lowest BCUT2D eigenvalue weighted by Crippen LogP contribution is -2.52. The molecule has 0 saturated carbocycles. The first-order chi connectivity index (χ1) is 11.9. The highest BCUT2D eigenvalue weighted by molar-refractivity contribution is 7.87. The van der Waals surface area contributed by atoms with E-state index in [0.29, 0.717) is 19.6 Å². The van der Waals surface area contributed by atoms with Gasteiger partial charge in [-0.2, -0.15) is 12.7 Å². The van der Waals surface area contributed by atoms with Crippen LogP contribution in [-0.2, 0) is 21.4 Å². The molecule has 7 nitrogen and oxygen atoms in total. The molecule has 25 heavy (non-hydrogen) atoms. The van der Waals surface area contributed by atoms with E-state index in [9.17, 15) is 13.2 Å². The van der Waals surface area contributed by atoms with Crippen molar-refractivity contribution in [3.63, 3.8) is 0 Å². The van der Waals surface area contributed by atoms with E-state index < -0.39 is 10.2 Å². The van der Waals surface area contributed by atoms with Crippen LogP contribution >= 0.6 is 0 Å². The Kier molecular flexibility index (Phi) is 7.37. The van der Waals surface area contributed by atoms with Gasteiger partial charge < -0.3 is 10.2 Å². The van der Waals surface area contributed by atoms with Gasteiger partial charge in [0.25, 0.3) is 10.2 Å². The third-order valence-electron chi connectivity index (χ3n) is 4.20. The van der Waals surface area contributed by atoms with Crippen LogP contribution in [0.3, 0.4) is 0 Å². The van der Waals surface area contributed by atoms with Gasteiger partial charge in [-0.25, -0.2) is 4.72 Å². The molecule has 1 aliphatic heterocycles. The molecule has 1 amide bonds. The number of carbonyl (C=O) groups excluding carboxylic acids is 1. The van der Waals surface area contributed by atoms with Crippen LogP contribution in [-0.4, -0.2) is 62.8 Å². The Morgan fingerprint density at radius 1 is 1.12 bits per heavy atom. The molecule has 1 aromatic carbocycles. The number of hydrogen-bond acceptors (Lipinski definition) is 4. The normalized spacial score (nSPS) is 16.7. The molecule has 1 aromatic rings. The minimum atomic E-state index is -3.33. The number of benzene rings is 1. The topological polar surface area (TPSA) is 81.8 Å². The van der Waals surface area contributed by atoms with E-state index >= 15 is 0 Å². The van der Waals surface area contributed by atoms with Crippen molar-refractivity contribution in [2.24, 2.45) is 0 Å². The van der Waals surface area contributed by atoms with Crippen molar-refractivity contribution < 1.29 is 13.2 Å². The van der Waals surface area contributed by atoms with Crippen LogP contribution in [0.25, 0.3) is 0 Å². The molecule has 2 N–H and O–H groups in total. The summed E-state index contributed by atoms with van der Waals surface area (Å²) >= 11 is 0. The minimum absolute atomic E-state index is 0.0750. The molecule has 1 saturated heterocycles. The highest BCUT2D eigenvalue weighted by Gasteiger charge is 2.25. The molecule has 2 rings (SSSR count). The lowest BCUT2D eigenvalue weighted by atomic mass is 10.1. The largest absolute Gasteiger partial charge is 0.326 e. The maximum atomic E-state index is 12.1. The number of hydrogen-bond donors (Lipinski definition) is 2. The number of amides is 1. The highest BCUT2D eigenvalue weighted by atomic mass is 32.2. The van der Waals surface area contributed by atoms with E-state index in [1.54, 1.807) is 0 Å². The first-order valence-electron chi connectivity index (χ1n) is 8.74. The van der Waals surface area contributed by atoms with Crippen molar-refractivity contribution in [3.8, 4) is 0 Å². The van der Waals surface area contributed by atoms with E-state index in [1.807, 2.05) is 31.2 Å². The molecule has 0 aromatic heterocycles. The predicted molar refractivity (Wildman–Crippen MR) is 99.7 cm³/mol. The van der Waals surface area contributed by atoms with Crippen LogP contribution in [0.2, 0.25) is 0 Å². The predicted octanol–water partition coefficient (Wildman–Crippen LogP) is 1.05.